The highest BCUT2D eigenvalue weighted by Crippen LogP contribution is 2.27. The summed E-state index contributed by atoms with van der Waals surface area (Å²) < 4.78 is 11.6. The van der Waals surface area contributed by atoms with Crippen molar-refractivity contribution in [1.82, 2.24) is 20.7 Å². The lowest BCUT2D eigenvalue weighted by atomic mass is 9.86. The van der Waals surface area contributed by atoms with Gasteiger partial charge in [-0.15, -0.1) is 0 Å². The first-order valence-corrected chi connectivity index (χ1v) is 8.60. The summed E-state index contributed by atoms with van der Waals surface area (Å²) in [4.78, 5) is 12.6. The minimum atomic E-state index is -0.107. The minimum Gasteiger partial charge on any atom is -0.379 e. The number of aromatic nitrogens is 3. The molecule has 1 amide bonds. The predicted octanol–water partition coefficient (Wildman–Crippen LogP) is 1.66. The van der Waals surface area contributed by atoms with Crippen molar-refractivity contribution in [2.24, 2.45) is 5.92 Å². The SMILES string of the molecule is O=C(N[C@@H]1CCOC[C@H]1OCC1CCC1)c1ccc2n[nH]nc2c1. The lowest BCUT2D eigenvalue weighted by molar-refractivity contribution is -0.0819. The Labute approximate surface area is 140 Å². The lowest BCUT2D eigenvalue weighted by Crippen LogP contribution is -2.50. The third-order valence-electron chi connectivity index (χ3n) is 4.97. The maximum Gasteiger partial charge on any atom is 0.251 e. The fourth-order valence-electron chi connectivity index (χ4n) is 3.19. The molecule has 1 saturated heterocycles. The van der Waals surface area contributed by atoms with E-state index in [1.54, 1.807) is 18.2 Å². The summed E-state index contributed by atoms with van der Waals surface area (Å²) >= 11 is 0. The van der Waals surface area contributed by atoms with Crippen LogP contribution in [-0.4, -0.2) is 53.3 Å². The second-order valence-corrected chi connectivity index (χ2v) is 6.64. The highest BCUT2D eigenvalue weighted by molar-refractivity contribution is 5.97. The van der Waals surface area contributed by atoms with Gasteiger partial charge in [0.25, 0.3) is 5.91 Å². The molecule has 0 unspecified atom stereocenters. The second-order valence-electron chi connectivity index (χ2n) is 6.64. The van der Waals surface area contributed by atoms with Gasteiger partial charge in [-0.1, -0.05) is 6.42 Å². The summed E-state index contributed by atoms with van der Waals surface area (Å²) in [5.41, 5.74) is 2.02. The number of hydrogen-bond acceptors (Lipinski definition) is 5. The number of aromatic amines is 1. The minimum absolute atomic E-state index is 0.0145. The zero-order chi connectivity index (χ0) is 16.4. The molecule has 4 rings (SSSR count). The van der Waals surface area contributed by atoms with E-state index < -0.39 is 0 Å². The number of carbonyl (C=O) groups excluding carboxylic acids is 1. The zero-order valence-corrected chi connectivity index (χ0v) is 13.5. The molecule has 0 spiro atoms. The molecule has 128 valence electrons. The molecule has 2 heterocycles. The summed E-state index contributed by atoms with van der Waals surface area (Å²) in [6.45, 7) is 1.96. The summed E-state index contributed by atoms with van der Waals surface area (Å²) in [5, 5.41) is 13.7. The summed E-state index contributed by atoms with van der Waals surface area (Å²) in [6, 6.07) is 5.29. The number of hydrogen-bond donors (Lipinski definition) is 2. The van der Waals surface area contributed by atoms with Crippen molar-refractivity contribution in [3.63, 3.8) is 0 Å². The number of carbonyl (C=O) groups is 1. The van der Waals surface area contributed by atoms with Crippen molar-refractivity contribution in [2.45, 2.75) is 37.8 Å². The first-order valence-electron chi connectivity index (χ1n) is 8.60. The topological polar surface area (TPSA) is 89.1 Å². The van der Waals surface area contributed by atoms with Crippen LogP contribution in [0.25, 0.3) is 11.0 Å². The monoisotopic (exact) mass is 330 g/mol. The van der Waals surface area contributed by atoms with E-state index in [1.807, 2.05) is 0 Å². The van der Waals surface area contributed by atoms with E-state index in [0.717, 1.165) is 18.5 Å². The Kier molecular flexibility index (Phi) is 4.44. The molecule has 7 heteroatoms. The van der Waals surface area contributed by atoms with Crippen LogP contribution in [0.15, 0.2) is 18.2 Å². The van der Waals surface area contributed by atoms with E-state index in [0.29, 0.717) is 30.2 Å². The van der Waals surface area contributed by atoms with Crippen LogP contribution in [0.4, 0.5) is 0 Å². The highest BCUT2D eigenvalue weighted by Gasteiger charge is 2.30. The standard InChI is InChI=1S/C17H22N4O3/c22-17(12-4-5-13-15(8-12)20-21-19-13)18-14-6-7-23-10-16(14)24-9-11-2-1-3-11/h4-5,8,11,14,16H,1-3,6-7,9-10H2,(H,18,22)(H,19,20,21)/t14-,16-/m1/s1. The summed E-state index contributed by atoms with van der Waals surface area (Å²) in [6.07, 6.45) is 4.51. The molecular weight excluding hydrogens is 308 g/mol. The van der Waals surface area contributed by atoms with E-state index in [-0.39, 0.29) is 18.1 Å². The molecule has 1 aliphatic carbocycles. The van der Waals surface area contributed by atoms with Crippen LogP contribution in [-0.2, 0) is 9.47 Å². The van der Waals surface area contributed by atoms with Crippen LogP contribution in [0.1, 0.15) is 36.0 Å². The van der Waals surface area contributed by atoms with E-state index in [2.05, 4.69) is 20.7 Å². The molecule has 24 heavy (non-hydrogen) atoms. The Balaban J connectivity index is 1.39. The van der Waals surface area contributed by atoms with Crippen LogP contribution in [0.2, 0.25) is 0 Å². The van der Waals surface area contributed by atoms with Crippen LogP contribution >= 0.6 is 0 Å². The first-order chi connectivity index (χ1) is 11.8. The fourth-order valence-corrected chi connectivity index (χ4v) is 3.19. The molecule has 2 aromatic rings. The number of nitrogens with zero attached hydrogens (tertiary/aromatic N) is 2. The van der Waals surface area contributed by atoms with Crippen molar-refractivity contribution in [3.05, 3.63) is 23.8 Å². The van der Waals surface area contributed by atoms with Crippen LogP contribution < -0.4 is 5.32 Å². The number of amides is 1. The fraction of sp³-hybridized carbons (Fsp3) is 0.588. The third kappa shape index (κ3) is 3.27. The van der Waals surface area contributed by atoms with Gasteiger partial charge >= 0.3 is 0 Å². The van der Waals surface area contributed by atoms with E-state index >= 15 is 0 Å². The Morgan fingerprint density at radius 1 is 1.29 bits per heavy atom. The molecule has 1 saturated carbocycles. The van der Waals surface area contributed by atoms with Gasteiger partial charge in [0.2, 0.25) is 0 Å². The highest BCUT2D eigenvalue weighted by atomic mass is 16.5. The third-order valence-corrected chi connectivity index (χ3v) is 4.97. The van der Waals surface area contributed by atoms with Crippen molar-refractivity contribution in [2.75, 3.05) is 19.8 Å². The Morgan fingerprint density at radius 3 is 3.00 bits per heavy atom. The van der Waals surface area contributed by atoms with Crippen molar-refractivity contribution < 1.29 is 14.3 Å². The van der Waals surface area contributed by atoms with Crippen LogP contribution in [0, 0.1) is 5.92 Å². The molecule has 2 fully saturated rings. The van der Waals surface area contributed by atoms with Gasteiger partial charge in [0.1, 0.15) is 17.1 Å². The largest absolute Gasteiger partial charge is 0.379 e. The molecule has 2 atom stereocenters. The average molecular weight is 330 g/mol. The Hall–Kier alpha value is -1.99. The zero-order valence-electron chi connectivity index (χ0n) is 13.5. The molecule has 2 aliphatic rings. The second kappa shape index (κ2) is 6.86. The van der Waals surface area contributed by atoms with E-state index in [1.165, 1.54) is 19.3 Å². The maximum absolute atomic E-state index is 12.6. The molecule has 7 nitrogen and oxygen atoms in total. The normalized spacial score (nSPS) is 24.7. The van der Waals surface area contributed by atoms with Gasteiger partial charge in [-0.2, -0.15) is 15.4 Å². The number of nitrogens with one attached hydrogen (secondary N) is 2. The predicted molar refractivity (Wildman–Crippen MR) is 87.7 cm³/mol. The quantitative estimate of drug-likeness (QED) is 0.870. The first kappa shape index (κ1) is 15.5. The van der Waals surface area contributed by atoms with Gasteiger partial charge in [-0.05, 0) is 43.4 Å². The van der Waals surface area contributed by atoms with Crippen LogP contribution in [0.5, 0.6) is 0 Å². The lowest BCUT2D eigenvalue weighted by Gasteiger charge is -2.34. The summed E-state index contributed by atoms with van der Waals surface area (Å²) in [7, 11) is 0. The van der Waals surface area contributed by atoms with Crippen LogP contribution in [0.3, 0.4) is 0 Å². The van der Waals surface area contributed by atoms with Gasteiger partial charge in [0.05, 0.1) is 12.6 Å². The summed E-state index contributed by atoms with van der Waals surface area (Å²) in [5.74, 6) is 0.571. The molecule has 1 aromatic heterocycles. The number of ether oxygens (including phenoxy) is 2. The Bertz CT molecular complexity index is 713. The van der Waals surface area contributed by atoms with Crippen molar-refractivity contribution in [3.8, 4) is 0 Å². The number of benzene rings is 1. The van der Waals surface area contributed by atoms with Gasteiger partial charge in [0.15, 0.2) is 0 Å². The number of fused-ring (bicyclic) bond motifs is 1. The smallest absolute Gasteiger partial charge is 0.251 e. The Morgan fingerprint density at radius 2 is 2.17 bits per heavy atom. The number of rotatable bonds is 5. The van der Waals surface area contributed by atoms with Gasteiger partial charge in [-0.25, -0.2) is 0 Å². The van der Waals surface area contributed by atoms with Crippen molar-refractivity contribution in [1.29, 1.82) is 0 Å². The van der Waals surface area contributed by atoms with Gasteiger partial charge < -0.3 is 14.8 Å². The van der Waals surface area contributed by atoms with Gasteiger partial charge in [0, 0.05) is 18.8 Å². The molecular formula is C17H22N4O3. The maximum atomic E-state index is 12.6. The average Bonchev–Trinajstić information content (AvgIpc) is 3.02. The van der Waals surface area contributed by atoms with E-state index in [9.17, 15) is 4.79 Å². The van der Waals surface area contributed by atoms with Gasteiger partial charge in [-0.3, -0.25) is 4.79 Å². The van der Waals surface area contributed by atoms with Crippen molar-refractivity contribution >= 4 is 16.9 Å². The molecule has 1 aromatic carbocycles. The molecule has 0 bridgehead atoms. The number of H-pyrrole nitrogens is 1. The van der Waals surface area contributed by atoms with E-state index in [4.69, 9.17) is 9.47 Å². The molecule has 0 radical (unpaired) electrons. The molecule has 1 aliphatic heterocycles. The molecule has 2 N–H and O–H groups in total.